The molecule has 1 aliphatic carbocycles. The predicted molar refractivity (Wildman–Crippen MR) is 85.1 cm³/mol. The van der Waals surface area contributed by atoms with Crippen molar-refractivity contribution in [3.8, 4) is 5.69 Å². The molecule has 0 amide bonds. The van der Waals surface area contributed by atoms with Crippen LogP contribution in [-0.4, -0.2) is 9.55 Å². The van der Waals surface area contributed by atoms with Gasteiger partial charge in [-0.25, -0.2) is 9.37 Å². The highest BCUT2D eigenvalue weighted by atomic mass is 79.9. The molecule has 0 atom stereocenters. The van der Waals surface area contributed by atoms with Crippen molar-refractivity contribution in [3.05, 3.63) is 52.5 Å². The summed E-state index contributed by atoms with van der Waals surface area (Å²) in [4.78, 5) is 4.69. The Balaban J connectivity index is 2.09. The molecule has 2 N–H and O–H groups in total. The van der Waals surface area contributed by atoms with E-state index in [-0.39, 0.29) is 5.82 Å². The van der Waals surface area contributed by atoms with E-state index in [0.717, 1.165) is 34.2 Å². The number of benzene rings is 2. The summed E-state index contributed by atoms with van der Waals surface area (Å²) in [7, 11) is 0. The Bertz CT molecular complexity index is 832. The second-order valence-corrected chi connectivity index (χ2v) is 6.25. The molecule has 21 heavy (non-hydrogen) atoms. The maximum atomic E-state index is 14.4. The van der Waals surface area contributed by atoms with Crippen LogP contribution in [0, 0.1) is 5.82 Å². The van der Waals surface area contributed by atoms with Gasteiger partial charge in [0.1, 0.15) is 11.6 Å². The Morgan fingerprint density at radius 3 is 2.76 bits per heavy atom. The molecule has 0 saturated heterocycles. The number of anilines is 1. The summed E-state index contributed by atoms with van der Waals surface area (Å²) < 4.78 is 17.0. The average Bonchev–Trinajstić information content (AvgIpc) is 3.22. The fourth-order valence-electron chi connectivity index (χ4n) is 2.67. The SMILES string of the molecule is Nc1ccc2c(c1)nc(C1CC1)n2-c1c(F)cccc1Br. The summed E-state index contributed by atoms with van der Waals surface area (Å²) in [6.45, 7) is 0. The number of nitrogens with two attached hydrogens (primary N) is 1. The highest BCUT2D eigenvalue weighted by Gasteiger charge is 2.31. The lowest BCUT2D eigenvalue weighted by atomic mass is 10.2. The molecule has 1 heterocycles. The standard InChI is InChI=1S/C16H13BrFN3/c17-11-2-1-3-12(18)15(11)21-14-7-6-10(19)8-13(14)20-16(21)9-4-5-9/h1-3,6-9H,4-5,19H2. The number of para-hydroxylation sites is 1. The van der Waals surface area contributed by atoms with Crippen molar-refractivity contribution >= 4 is 32.7 Å². The van der Waals surface area contributed by atoms with Crippen molar-refractivity contribution in [1.29, 1.82) is 0 Å². The van der Waals surface area contributed by atoms with Crippen LogP contribution in [0.25, 0.3) is 16.7 Å². The van der Waals surface area contributed by atoms with Crippen LogP contribution in [0.2, 0.25) is 0 Å². The highest BCUT2D eigenvalue weighted by molar-refractivity contribution is 9.10. The zero-order valence-corrected chi connectivity index (χ0v) is 12.8. The fraction of sp³-hybridized carbons (Fsp3) is 0.188. The highest BCUT2D eigenvalue weighted by Crippen LogP contribution is 2.43. The van der Waals surface area contributed by atoms with Crippen molar-refractivity contribution in [2.75, 3.05) is 5.73 Å². The van der Waals surface area contributed by atoms with Gasteiger partial charge in [-0.2, -0.15) is 0 Å². The molecule has 0 radical (unpaired) electrons. The summed E-state index contributed by atoms with van der Waals surface area (Å²) in [6, 6.07) is 10.6. The molecular weight excluding hydrogens is 333 g/mol. The van der Waals surface area contributed by atoms with E-state index >= 15 is 0 Å². The quantitative estimate of drug-likeness (QED) is 0.700. The van der Waals surface area contributed by atoms with Gasteiger partial charge in [0, 0.05) is 16.1 Å². The molecular formula is C16H13BrFN3. The molecule has 1 saturated carbocycles. The number of halogens is 2. The van der Waals surface area contributed by atoms with E-state index in [0.29, 0.717) is 17.3 Å². The summed E-state index contributed by atoms with van der Waals surface area (Å²) in [5.41, 5.74) is 8.73. The molecule has 0 spiro atoms. The van der Waals surface area contributed by atoms with Gasteiger partial charge in [0.25, 0.3) is 0 Å². The van der Waals surface area contributed by atoms with Crippen molar-refractivity contribution in [1.82, 2.24) is 9.55 Å². The number of fused-ring (bicyclic) bond motifs is 1. The second kappa shape index (κ2) is 4.56. The summed E-state index contributed by atoms with van der Waals surface area (Å²) in [5, 5.41) is 0. The van der Waals surface area contributed by atoms with Crippen LogP contribution in [0.3, 0.4) is 0 Å². The third-order valence-corrected chi connectivity index (χ3v) is 4.45. The van der Waals surface area contributed by atoms with Gasteiger partial charge in [-0.15, -0.1) is 0 Å². The number of hydrogen-bond acceptors (Lipinski definition) is 2. The van der Waals surface area contributed by atoms with Gasteiger partial charge >= 0.3 is 0 Å². The first kappa shape index (κ1) is 12.8. The number of aromatic nitrogens is 2. The fourth-order valence-corrected chi connectivity index (χ4v) is 3.19. The molecule has 4 rings (SSSR count). The average molecular weight is 346 g/mol. The number of imidazole rings is 1. The van der Waals surface area contributed by atoms with Crippen LogP contribution < -0.4 is 5.73 Å². The first-order valence-electron chi connectivity index (χ1n) is 6.87. The van der Waals surface area contributed by atoms with E-state index in [9.17, 15) is 4.39 Å². The van der Waals surface area contributed by atoms with Gasteiger partial charge in [-0.1, -0.05) is 6.07 Å². The summed E-state index contributed by atoms with van der Waals surface area (Å²) >= 11 is 3.46. The van der Waals surface area contributed by atoms with Gasteiger partial charge in [-0.05, 0) is 59.1 Å². The third-order valence-electron chi connectivity index (χ3n) is 3.81. The zero-order valence-electron chi connectivity index (χ0n) is 11.2. The normalized spacial score (nSPS) is 14.8. The molecule has 0 aliphatic heterocycles. The van der Waals surface area contributed by atoms with Crippen LogP contribution in [0.1, 0.15) is 24.6 Å². The van der Waals surface area contributed by atoms with E-state index in [2.05, 4.69) is 20.9 Å². The third kappa shape index (κ3) is 2.03. The van der Waals surface area contributed by atoms with Crippen LogP contribution in [-0.2, 0) is 0 Å². The largest absolute Gasteiger partial charge is 0.399 e. The lowest BCUT2D eigenvalue weighted by Crippen LogP contribution is -2.03. The van der Waals surface area contributed by atoms with Crippen molar-refractivity contribution in [3.63, 3.8) is 0 Å². The molecule has 5 heteroatoms. The molecule has 3 aromatic rings. The Labute approximate surface area is 129 Å². The zero-order chi connectivity index (χ0) is 14.6. The second-order valence-electron chi connectivity index (χ2n) is 5.40. The molecule has 2 aromatic carbocycles. The van der Waals surface area contributed by atoms with E-state index in [1.807, 2.05) is 28.8 Å². The number of rotatable bonds is 2. The van der Waals surface area contributed by atoms with Crippen molar-refractivity contribution < 1.29 is 4.39 Å². The predicted octanol–water partition coefficient (Wildman–Crippen LogP) is 4.39. The Morgan fingerprint density at radius 2 is 2.05 bits per heavy atom. The topological polar surface area (TPSA) is 43.8 Å². The van der Waals surface area contributed by atoms with E-state index < -0.39 is 0 Å². The number of nitrogen functional groups attached to an aromatic ring is 1. The minimum Gasteiger partial charge on any atom is -0.399 e. The van der Waals surface area contributed by atoms with E-state index in [1.165, 1.54) is 6.07 Å². The maximum absolute atomic E-state index is 14.4. The number of hydrogen-bond donors (Lipinski definition) is 1. The smallest absolute Gasteiger partial charge is 0.148 e. The lowest BCUT2D eigenvalue weighted by Gasteiger charge is -2.12. The van der Waals surface area contributed by atoms with Gasteiger partial charge in [0.15, 0.2) is 0 Å². The van der Waals surface area contributed by atoms with Gasteiger partial charge in [-0.3, -0.25) is 4.57 Å². The van der Waals surface area contributed by atoms with Gasteiger partial charge < -0.3 is 5.73 Å². The minimum atomic E-state index is -0.262. The van der Waals surface area contributed by atoms with E-state index in [1.54, 1.807) is 6.07 Å². The monoisotopic (exact) mass is 345 g/mol. The molecule has 3 nitrogen and oxygen atoms in total. The maximum Gasteiger partial charge on any atom is 0.148 e. The van der Waals surface area contributed by atoms with Crippen LogP contribution >= 0.6 is 15.9 Å². The molecule has 1 aliphatic rings. The van der Waals surface area contributed by atoms with Crippen molar-refractivity contribution in [2.24, 2.45) is 0 Å². The Hall–Kier alpha value is -1.88. The lowest BCUT2D eigenvalue weighted by molar-refractivity contribution is 0.615. The molecule has 1 aromatic heterocycles. The first-order valence-corrected chi connectivity index (χ1v) is 7.66. The van der Waals surface area contributed by atoms with Gasteiger partial charge in [0.05, 0.1) is 16.7 Å². The first-order chi connectivity index (χ1) is 10.1. The summed E-state index contributed by atoms with van der Waals surface area (Å²) in [5.74, 6) is 1.06. The van der Waals surface area contributed by atoms with E-state index in [4.69, 9.17) is 5.73 Å². The van der Waals surface area contributed by atoms with Crippen LogP contribution in [0.5, 0.6) is 0 Å². The summed E-state index contributed by atoms with van der Waals surface area (Å²) in [6.07, 6.45) is 2.20. The number of nitrogens with zero attached hydrogens (tertiary/aromatic N) is 2. The molecule has 0 unspecified atom stereocenters. The van der Waals surface area contributed by atoms with Crippen molar-refractivity contribution in [2.45, 2.75) is 18.8 Å². The Morgan fingerprint density at radius 1 is 1.24 bits per heavy atom. The van der Waals surface area contributed by atoms with Crippen LogP contribution in [0.15, 0.2) is 40.9 Å². The molecule has 0 bridgehead atoms. The van der Waals surface area contributed by atoms with Crippen LogP contribution in [0.4, 0.5) is 10.1 Å². The minimum absolute atomic E-state index is 0.262. The molecule has 1 fully saturated rings. The molecule has 106 valence electrons. The van der Waals surface area contributed by atoms with Gasteiger partial charge in [0.2, 0.25) is 0 Å². The Kier molecular flexibility index (Phi) is 2.79.